The first-order chi connectivity index (χ1) is 6.70. The zero-order valence-electron chi connectivity index (χ0n) is 7.51. The van der Waals surface area contributed by atoms with Gasteiger partial charge in [0.25, 0.3) is 0 Å². The van der Waals surface area contributed by atoms with Crippen LogP contribution in [0, 0.1) is 0 Å². The van der Waals surface area contributed by atoms with Gasteiger partial charge in [-0.3, -0.25) is 0 Å². The van der Waals surface area contributed by atoms with E-state index >= 15 is 0 Å². The van der Waals surface area contributed by atoms with E-state index < -0.39 is 12.2 Å². The number of rotatable bonds is 4. The lowest BCUT2D eigenvalue weighted by molar-refractivity contribution is 0.158. The molecule has 14 heavy (non-hydrogen) atoms. The second-order valence-corrected chi connectivity index (χ2v) is 1.93. The van der Waals surface area contributed by atoms with E-state index in [9.17, 15) is 9.59 Å². The maximum Gasteiger partial charge on any atom is 0.452 e. The monoisotopic (exact) mass is 198 g/mol. The number of carbonyl (C=O) groups is 2. The molecule has 2 amide bonds. The number of carbonyl (C=O) groups excluding carboxylic acids is 2. The summed E-state index contributed by atoms with van der Waals surface area (Å²) in [4.78, 5) is 21.2. The summed E-state index contributed by atoms with van der Waals surface area (Å²) < 4.78 is 8.80. The number of nitrogens with zero attached hydrogens (tertiary/aromatic N) is 2. The molecule has 0 aromatic carbocycles. The summed E-state index contributed by atoms with van der Waals surface area (Å²) in [6.45, 7) is 6.66. The molecule has 0 saturated carbocycles. The lowest BCUT2D eigenvalue weighted by atomic mass is 10.7. The van der Waals surface area contributed by atoms with Crippen LogP contribution >= 0.6 is 0 Å². The molecule has 0 atom stereocenters. The number of azo groups is 1. The summed E-state index contributed by atoms with van der Waals surface area (Å²) in [7, 11) is 0. The molecule has 0 aliphatic rings. The van der Waals surface area contributed by atoms with Crippen LogP contribution in [0.2, 0.25) is 0 Å². The van der Waals surface area contributed by atoms with Gasteiger partial charge in [-0.1, -0.05) is 35.5 Å². The molecule has 0 N–H and O–H groups in total. The molecule has 0 unspecified atom stereocenters. The van der Waals surface area contributed by atoms with Crippen molar-refractivity contribution < 1.29 is 19.1 Å². The van der Waals surface area contributed by atoms with Crippen molar-refractivity contribution in [2.75, 3.05) is 13.2 Å². The Balaban J connectivity index is 3.78. The maximum absolute atomic E-state index is 10.6. The summed E-state index contributed by atoms with van der Waals surface area (Å²) in [5.74, 6) is 0. The summed E-state index contributed by atoms with van der Waals surface area (Å²) in [6, 6.07) is 0. The van der Waals surface area contributed by atoms with Crippen molar-refractivity contribution >= 4 is 12.2 Å². The molecule has 6 heteroatoms. The first-order valence-electron chi connectivity index (χ1n) is 3.67. The third kappa shape index (κ3) is 6.71. The van der Waals surface area contributed by atoms with Gasteiger partial charge >= 0.3 is 12.2 Å². The van der Waals surface area contributed by atoms with E-state index in [0.29, 0.717) is 0 Å². The zero-order valence-corrected chi connectivity index (χ0v) is 7.51. The van der Waals surface area contributed by atoms with Crippen LogP contribution in [0.5, 0.6) is 0 Å². The first kappa shape index (κ1) is 12.0. The zero-order chi connectivity index (χ0) is 10.8. The molecule has 0 spiro atoms. The van der Waals surface area contributed by atoms with Gasteiger partial charge in [-0.2, -0.15) is 0 Å². The van der Waals surface area contributed by atoms with Crippen LogP contribution in [0.1, 0.15) is 0 Å². The average Bonchev–Trinajstić information content (AvgIpc) is 2.20. The Hall–Kier alpha value is -1.98. The molecule has 0 saturated heterocycles. The number of hydrogen-bond acceptors (Lipinski definition) is 4. The Morgan fingerprint density at radius 3 is 1.64 bits per heavy atom. The number of hydrogen-bond donors (Lipinski definition) is 0. The van der Waals surface area contributed by atoms with Gasteiger partial charge in [0.15, 0.2) is 0 Å². The fourth-order valence-electron chi connectivity index (χ4n) is 0.400. The van der Waals surface area contributed by atoms with Crippen molar-refractivity contribution in [1.29, 1.82) is 0 Å². The summed E-state index contributed by atoms with van der Waals surface area (Å²) in [5, 5.41) is 5.84. The van der Waals surface area contributed by atoms with Gasteiger partial charge in [-0.15, -0.1) is 0 Å². The van der Waals surface area contributed by atoms with Crippen LogP contribution in [-0.4, -0.2) is 25.4 Å². The molecule has 6 nitrogen and oxygen atoms in total. The van der Waals surface area contributed by atoms with Crippen molar-refractivity contribution in [2.24, 2.45) is 10.2 Å². The number of ether oxygens (including phenoxy) is 2. The van der Waals surface area contributed by atoms with E-state index in [1.165, 1.54) is 12.2 Å². The first-order valence-corrected chi connectivity index (χ1v) is 3.67. The minimum Gasteiger partial charge on any atom is -0.443 e. The maximum atomic E-state index is 10.6. The highest BCUT2D eigenvalue weighted by molar-refractivity contribution is 5.73. The third-order valence-electron chi connectivity index (χ3n) is 0.863. The van der Waals surface area contributed by atoms with Crippen LogP contribution < -0.4 is 0 Å². The van der Waals surface area contributed by atoms with E-state index in [-0.39, 0.29) is 13.2 Å². The molecule has 0 rings (SSSR count). The Morgan fingerprint density at radius 2 is 1.36 bits per heavy atom. The van der Waals surface area contributed by atoms with E-state index in [2.05, 4.69) is 32.9 Å². The van der Waals surface area contributed by atoms with Crippen molar-refractivity contribution in [3.05, 3.63) is 25.3 Å². The highest BCUT2D eigenvalue weighted by Crippen LogP contribution is 1.90. The summed E-state index contributed by atoms with van der Waals surface area (Å²) >= 11 is 0. The summed E-state index contributed by atoms with van der Waals surface area (Å²) in [5.41, 5.74) is 0. The van der Waals surface area contributed by atoms with Gasteiger partial charge in [-0.05, 0) is 0 Å². The second kappa shape index (κ2) is 7.66. The lowest BCUT2D eigenvalue weighted by Crippen LogP contribution is -2.01. The fourth-order valence-corrected chi connectivity index (χ4v) is 0.400. The average molecular weight is 198 g/mol. The molecule has 0 aromatic rings. The molecule has 0 aromatic heterocycles. The van der Waals surface area contributed by atoms with Gasteiger partial charge in [0.2, 0.25) is 0 Å². The van der Waals surface area contributed by atoms with E-state index in [4.69, 9.17) is 0 Å². The molecular weight excluding hydrogens is 188 g/mol. The van der Waals surface area contributed by atoms with Gasteiger partial charge in [0.05, 0.1) is 0 Å². The molecule has 0 bridgehead atoms. The van der Waals surface area contributed by atoms with Gasteiger partial charge in [-0.25, -0.2) is 9.59 Å². The van der Waals surface area contributed by atoms with E-state index in [0.717, 1.165) is 0 Å². The van der Waals surface area contributed by atoms with Crippen LogP contribution in [0.15, 0.2) is 35.5 Å². The molecule has 0 radical (unpaired) electrons. The molecular formula is C8H10N2O4. The molecule has 0 aliphatic heterocycles. The molecule has 0 fully saturated rings. The van der Waals surface area contributed by atoms with Crippen LogP contribution in [0.25, 0.3) is 0 Å². The van der Waals surface area contributed by atoms with Crippen LogP contribution in [0.4, 0.5) is 9.59 Å². The fraction of sp³-hybridized carbons (Fsp3) is 0.250. The Bertz CT molecular complexity index is 234. The molecule has 76 valence electrons. The quantitative estimate of drug-likeness (QED) is 0.511. The Morgan fingerprint density at radius 1 is 1.00 bits per heavy atom. The predicted molar refractivity (Wildman–Crippen MR) is 47.9 cm³/mol. The van der Waals surface area contributed by atoms with Crippen LogP contribution in [0.3, 0.4) is 0 Å². The van der Waals surface area contributed by atoms with Crippen molar-refractivity contribution in [2.45, 2.75) is 0 Å². The Kier molecular flexibility index (Phi) is 6.57. The normalized spacial score (nSPS) is 9.43. The lowest BCUT2D eigenvalue weighted by Gasteiger charge is -1.94. The SMILES string of the molecule is C=CCOC(=O)/N=N/C(=O)OCC=C. The van der Waals surface area contributed by atoms with E-state index in [1.54, 1.807) is 0 Å². The van der Waals surface area contributed by atoms with E-state index in [1.807, 2.05) is 0 Å². The standard InChI is InChI=1S/C8H10N2O4/c1-3-5-13-7(11)9-10-8(12)14-6-4-2/h3-4H,1-2,5-6H2/b10-9+. The van der Waals surface area contributed by atoms with Gasteiger partial charge in [0, 0.05) is 0 Å². The topological polar surface area (TPSA) is 77.3 Å². The van der Waals surface area contributed by atoms with Crippen LogP contribution in [-0.2, 0) is 9.47 Å². The highest BCUT2D eigenvalue weighted by Gasteiger charge is 2.01. The summed E-state index contributed by atoms with van der Waals surface area (Å²) in [6.07, 6.45) is 0.785. The molecule has 0 aliphatic carbocycles. The molecule has 0 heterocycles. The highest BCUT2D eigenvalue weighted by atomic mass is 16.6. The van der Waals surface area contributed by atoms with Crippen molar-refractivity contribution in [1.82, 2.24) is 0 Å². The Labute approximate surface area is 80.9 Å². The van der Waals surface area contributed by atoms with Gasteiger partial charge < -0.3 is 9.47 Å². The minimum atomic E-state index is -0.972. The largest absolute Gasteiger partial charge is 0.452 e. The van der Waals surface area contributed by atoms with Gasteiger partial charge in [0.1, 0.15) is 13.2 Å². The third-order valence-corrected chi connectivity index (χ3v) is 0.863. The predicted octanol–water partition coefficient (Wildman–Crippen LogP) is 2.08. The second-order valence-electron chi connectivity index (χ2n) is 1.93. The number of amides is 2. The minimum absolute atomic E-state index is 0.0135. The van der Waals surface area contributed by atoms with Crippen molar-refractivity contribution in [3.63, 3.8) is 0 Å². The van der Waals surface area contributed by atoms with Crippen molar-refractivity contribution in [3.8, 4) is 0 Å². The smallest absolute Gasteiger partial charge is 0.443 e.